The van der Waals surface area contributed by atoms with Gasteiger partial charge in [0, 0.05) is 6.54 Å². The average molecular weight is 225 g/mol. The first-order valence-electron chi connectivity index (χ1n) is 5.34. The van der Waals surface area contributed by atoms with E-state index in [4.69, 9.17) is 9.57 Å². The van der Waals surface area contributed by atoms with E-state index < -0.39 is 0 Å². The SMILES string of the molecule is COc1cc(CNOCC(C)C)ccc1O. The van der Waals surface area contributed by atoms with Crippen molar-refractivity contribution in [3.05, 3.63) is 23.8 Å². The summed E-state index contributed by atoms with van der Waals surface area (Å²) < 4.78 is 5.01. The van der Waals surface area contributed by atoms with E-state index >= 15 is 0 Å². The minimum atomic E-state index is 0.148. The summed E-state index contributed by atoms with van der Waals surface area (Å²) in [4.78, 5) is 5.25. The van der Waals surface area contributed by atoms with E-state index in [2.05, 4.69) is 19.3 Å². The maximum atomic E-state index is 9.40. The fourth-order valence-corrected chi connectivity index (χ4v) is 1.19. The van der Waals surface area contributed by atoms with E-state index in [0.29, 0.717) is 24.8 Å². The summed E-state index contributed by atoms with van der Waals surface area (Å²) >= 11 is 0. The molecule has 0 amide bonds. The van der Waals surface area contributed by atoms with Crippen LogP contribution in [0.1, 0.15) is 19.4 Å². The van der Waals surface area contributed by atoms with Crippen molar-refractivity contribution in [3.8, 4) is 11.5 Å². The molecule has 4 nitrogen and oxygen atoms in total. The molecule has 90 valence electrons. The smallest absolute Gasteiger partial charge is 0.160 e. The Balaban J connectivity index is 2.42. The summed E-state index contributed by atoms with van der Waals surface area (Å²) in [6.45, 7) is 5.44. The zero-order valence-electron chi connectivity index (χ0n) is 9.99. The first kappa shape index (κ1) is 12.8. The van der Waals surface area contributed by atoms with Gasteiger partial charge in [-0.3, -0.25) is 0 Å². The average Bonchev–Trinajstić information content (AvgIpc) is 2.26. The largest absolute Gasteiger partial charge is 0.504 e. The van der Waals surface area contributed by atoms with Gasteiger partial charge >= 0.3 is 0 Å². The molecule has 0 spiro atoms. The highest BCUT2D eigenvalue weighted by Gasteiger charge is 2.02. The topological polar surface area (TPSA) is 50.7 Å². The Kier molecular flexibility index (Phi) is 5.08. The molecule has 2 N–H and O–H groups in total. The fraction of sp³-hybridized carbons (Fsp3) is 0.500. The summed E-state index contributed by atoms with van der Waals surface area (Å²) in [6.07, 6.45) is 0. The van der Waals surface area contributed by atoms with Gasteiger partial charge in [-0.1, -0.05) is 19.9 Å². The molecule has 0 unspecified atom stereocenters. The number of hydroxylamine groups is 1. The Morgan fingerprint density at radius 3 is 2.75 bits per heavy atom. The number of phenols is 1. The van der Waals surface area contributed by atoms with E-state index in [1.165, 1.54) is 7.11 Å². The minimum absolute atomic E-state index is 0.148. The molecule has 0 bridgehead atoms. The fourth-order valence-electron chi connectivity index (χ4n) is 1.19. The lowest BCUT2D eigenvalue weighted by Gasteiger charge is -2.09. The Morgan fingerprint density at radius 1 is 1.38 bits per heavy atom. The molecule has 1 rings (SSSR count). The quantitative estimate of drug-likeness (QED) is 0.575. The highest BCUT2D eigenvalue weighted by Crippen LogP contribution is 2.26. The van der Waals surface area contributed by atoms with E-state index in [-0.39, 0.29) is 5.75 Å². The third kappa shape index (κ3) is 4.08. The van der Waals surface area contributed by atoms with Crippen molar-refractivity contribution >= 4 is 0 Å². The molecule has 0 saturated carbocycles. The zero-order chi connectivity index (χ0) is 12.0. The van der Waals surface area contributed by atoms with Gasteiger partial charge in [-0.05, 0) is 23.6 Å². The predicted molar refractivity (Wildman–Crippen MR) is 62.3 cm³/mol. The number of benzene rings is 1. The molecular weight excluding hydrogens is 206 g/mol. The molecule has 0 aromatic heterocycles. The van der Waals surface area contributed by atoms with Gasteiger partial charge in [0.1, 0.15) is 0 Å². The second kappa shape index (κ2) is 6.35. The van der Waals surface area contributed by atoms with Crippen LogP contribution in [0.25, 0.3) is 0 Å². The van der Waals surface area contributed by atoms with Crippen molar-refractivity contribution in [2.45, 2.75) is 20.4 Å². The van der Waals surface area contributed by atoms with Gasteiger partial charge in [0.2, 0.25) is 0 Å². The van der Waals surface area contributed by atoms with Crippen molar-refractivity contribution in [3.63, 3.8) is 0 Å². The van der Waals surface area contributed by atoms with E-state index in [1.807, 2.05) is 6.07 Å². The molecule has 1 aromatic carbocycles. The van der Waals surface area contributed by atoms with Gasteiger partial charge in [-0.15, -0.1) is 0 Å². The first-order valence-corrected chi connectivity index (χ1v) is 5.34. The van der Waals surface area contributed by atoms with Gasteiger partial charge in [0.15, 0.2) is 11.5 Å². The summed E-state index contributed by atoms with van der Waals surface area (Å²) in [5.74, 6) is 1.12. The zero-order valence-corrected chi connectivity index (χ0v) is 9.99. The predicted octanol–water partition coefficient (Wildman–Crippen LogP) is 2.08. The van der Waals surface area contributed by atoms with Crippen LogP contribution in [0.4, 0.5) is 0 Å². The number of ether oxygens (including phenoxy) is 1. The molecule has 0 aliphatic heterocycles. The summed E-state index contributed by atoms with van der Waals surface area (Å²) in [5.41, 5.74) is 3.87. The molecule has 0 aliphatic carbocycles. The normalized spacial score (nSPS) is 10.8. The van der Waals surface area contributed by atoms with Crippen molar-refractivity contribution in [2.75, 3.05) is 13.7 Å². The molecular formula is C12H19NO3. The van der Waals surface area contributed by atoms with Gasteiger partial charge in [0.05, 0.1) is 13.7 Å². The molecule has 0 fully saturated rings. The third-order valence-electron chi connectivity index (χ3n) is 2.04. The Morgan fingerprint density at radius 2 is 2.12 bits per heavy atom. The van der Waals surface area contributed by atoms with Crippen LogP contribution in [-0.4, -0.2) is 18.8 Å². The number of phenolic OH excluding ortho intramolecular Hbond substituents is 1. The number of aromatic hydroxyl groups is 1. The molecule has 0 saturated heterocycles. The van der Waals surface area contributed by atoms with Gasteiger partial charge in [-0.2, -0.15) is 5.48 Å². The van der Waals surface area contributed by atoms with Crippen LogP contribution in [0.5, 0.6) is 11.5 Å². The lowest BCUT2D eigenvalue weighted by atomic mass is 10.2. The number of nitrogens with one attached hydrogen (secondary N) is 1. The molecule has 0 radical (unpaired) electrons. The van der Waals surface area contributed by atoms with Gasteiger partial charge in [-0.25, -0.2) is 0 Å². The lowest BCUT2D eigenvalue weighted by Crippen LogP contribution is -2.17. The van der Waals surface area contributed by atoms with Crippen molar-refractivity contribution in [1.82, 2.24) is 5.48 Å². The second-order valence-corrected chi connectivity index (χ2v) is 4.03. The maximum Gasteiger partial charge on any atom is 0.160 e. The lowest BCUT2D eigenvalue weighted by molar-refractivity contribution is 0.0196. The van der Waals surface area contributed by atoms with Crippen LogP contribution >= 0.6 is 0 Å². The van der Waals surface area contributed by atoms with E-state index in [0.717, 1.165) is 5.56 Å². The molecule has 4 heteroatoms. The summed E-state index contributed by atoms with van der Waals surface area (Å²) in [7, 11) is 1.53. The minimum Gasteiger partial charge on any atom is -0.504 e. The maximum absolute atomic E-state index is 9.40. The van der Waals surface area contributed by atoms with E-state index in [1.54, 1.807) is 12.1 Å². The van der Waals surface area contributed by atoms with Crippen LogP contribution in [-0.2, 0) is 11.4 Å². The highest BCUT2D eigenvalue weighted by atomic mass is 16.6. The van der Waals surface area contributed by atoms with Gasteiger partial charge in [0.25, 0.3) is 0 Å². The second-order valence-electron chi connectivity index (χ2n) is 4.03. The van der Waals surface area contributed by atoms with Crippen LogP contribution < -0.4 is 10.2 Å². The van der Waals surface area contributed by atoms with Crippen LogP contribution in [0.3, 0.4) is 0 Å². The van der Waals surface area contributed by atoms with Crippen molar-refractivity contribution in [2.24, 2.45) is 5.92 Å². The van der Waals surface area contributed by atoms with Crippen LogP contribution in [0.2, 0.25) is 0 Å². The number of hydrogen-bond donors (Lipinski definition) is 2. The molecule has 0 aliphatic rings. The standard InChI is InChI=1S/C12H19NO3/c1-9(2)8-16-13-7-10-4-5-11(14)12(6-10)15-3/h4-6,9,13-14H,7-8H2,1-3H3. The molecule has 16 heavy (non-hydrogen) atoms. The number of hydrogen-bond acceptors (Lipinski definition) is 4. The summed E-state index contributed by atoms with van der Waals surface area (Å²) in [5, 5.41) is 9.40. The van der Waals surface area contributed by atoms with Gasteiger partial charge < -0.3 is 14.7 Å². The monoisotopic (exact) mass is 225 g/mol. The van der Waals surface area contributed by atoms with E-state index in [9.17, 15) is 5.11 Å². The third-order valence-corrected chi connectivity index (χ3v) is 2.04. The summed E-state index contributed by atoms with van der Waals surface area (Å²) in [6, 6.07) is 5.21. The molecule has 0 heterocycles. The first-order chi connectivity index (χ1) is 7.63. The van der Waals surface area contributed by atoms with Crippen molar-refractivity contribution < 1.29 is 14.7 Å². The Bertz CT molecular complexity index is 326. The molecule has 1 aromatic rings. The van der Waals surface area contributed by atoms with Crippen molar-refractivity contribution in [1.29, 1.82) is 0 Å². The van der Waals surface area contributed by atoms with Crippen LogP contribution in [0.15, 0.2) is 18.2 Å². The Labute approximate surface area is 96.1 Å². The highest BCUT2D eigenvalue weighted by molar-refractivity contribution is 5.41. The Hall–Kier alpha value is -1.26. The molecule has 0 atom stereocenters. The number of methoxy groups -OCH3 is 1. The van der Waals surface area contributed by atoms with Crippen LogP contribution in [0, 0.1) is 5.92 Å². The number of rotatable bonds is 6.